The van der Waals surface area contributed by atoms with Crippen LogP contribution in [0.5, 0.6) is 11.5 Å². The Bertz CT molecular complexity index is 1190. The molecule has 2 aromatic rings. The molecular weight excluding hydrogens is 462 g/mol. The van der Waals surface area contributed by atoms with E-state index in [-0.39, 0.29) is 29.7 Å². The van der Waals surface area contributed by atoms with Crippen molar-refractivity contribution in [2.24, 2.45) is 5.92 Å². The van der Waals surface area contributed by atoms with Crippen molar-refractivity contribution in [3.05, 3.63) is 42.5 Å². The summed E-state index contributed by atoms with van der Waals surface area (Å²) in [5, 5.41) is 2.79. The lowest BCUT2D eigenvalue weighted by Gasteiger charge is -2.26. The zero-order valence-corrected chi connectivity index (χ0v) is 19.3. The molecule has 3 heterocycles. The van der Waals surface area contributed by atoms with Gasteiger partial charge in [-0.15, -0.1) is 0 Å². The van der Waals surface area contributed by atoms with Gasteiger partial charge < -0.3 is 24.4 Å². The van der Waals surface area contributed by atoms with E-state index in [2.05, 4.69) is 5.32 Å². The van der Waals surface area contributed by atoms with Crippen LogP contribution in [0.25, 0.3) is 0 Å². The van der Waals surface area contributed by atoms with Gasteiger partial charge in [0.1, 0.15) is 13.2 Å². The van der Waals surface area contributed by atoms with Crippen molar-refractivity contribution in [1.82, 2.24) is 4.31 Å². The predicted octanol–water partition coefficient (Wildman–Crippen LogP) is 1.47. The fourth-order valence-corrected chi connectivity index (χ4v) is 5.63. The molecule has 11 heteroatoms. The summed E-state index contributed by atoms with van der Waals surface area (Å²) in [7, 11) is -3.60. The minimum Gasteiger partial charge on any atom is -0.486 e. The summed E-state index contributed by atoms with van der Waals surface area (Å²) in [6.45, 7) is 2.55. The van der Waals surface area contributed by atoms with Gasteiger partial charge in [-0.2, -0.15) is 4.31 Å². The van der Waals surface area contributed by atoms with E-state index in [0.29, 0.717) is 62.4 Å². The Labute approximate surface area is 197 Å². The van der Waals surface area contributed by atoms with Crippen molar-refractivity contribution in [1.29, 1.82) is 0 Å². The molecule has 1 atom stereocenters. The first-order valence-electron chi connectivity index (χ1n) is 11.1. The van der Waals surface area contributed by atoms with Crippen LogP contribution in [0.3, 0.4) is 0 Å². The van der Waals surface area contributed by atoms with Gasteiger partial charge in [-0.1, -0.05) is 0 Å². The molecule has 180 valence electrons. The number of hydrogen-bond acceptors (Lipinski definition) is 7. The third-order valence-electron chi connectivity index (χ3n) is 6.06. The first-order valence-corrected chi connectivity index (χ1v) is 12.5. The Morgan fingerprint density at radius 3 is 2.38 bits per heavy atom. The van der Waals surface area contributed by atoms with Crippen LogP contribution in [0, 0.1) is 5.92 Å². The number of hydrogen-bond donors (Lipinski definition) is 1. The molecule has 34 heavy (non-hydrogen) atoms. The van der Waals surface area contributed by atoms with Gasteiger partial charge in [0.05, 0.1) is 24.0 Å². The monoisotopic (exact) mass is 487 g/mol. The number of carbonyl (C=O) groups is 2. The maximum absolute atomic E-state index is 12.8. The Kier molecular flexibility index (Phi) is 6.15. The molecule has 0 saturated carbocycles. The SMILES string of the molecule is O=C(Nc1ccc(S(=O)(=O)N2CCOCC2)cc1)[C@H]1CC(=O)N(c2ccc3c(c2)OCCO3)C1. The highest BCUT2D eigenvalue weighted by Crippen LogP contribution is 2.36. The van der Waals surface area contributed by atoms with E-state index in [1.54, 1.807) is 35.2 Å². The maximum atomic E-state index is 12.8. The standard InChI is InChI=1S/C23H25N3O7S/c27-22-13-16(15-26(22)18-3-6-20-21(14-18)33-12-11-32-20)23(28)24-17-1-4-19(5-2-17)34(29,30)25-7-9-31-10-8-25/h1-6,14,16H,7-13,15H2,(H,24,28)/t16-/m0/s1. The molecule has 0 bridgehead atoms. The summed E-state index contributed by atoms with van der Waals surface area (Å²) >= 11 is 0. The highest BCUT2D eigenvalue weighted by Gasteiger charge is 2.36. The van der Waals surface area contributed by atoms with Gasteiger partial charge in [-0.3, -0.25) is 9.59 Å². The molecule has 10 nitrogen and oxygen atoms in total. The number of anilines is 2. The zero-order chi connectivity index (χ0) is 23.7. The minimum absolute atomic E-state index is 0.0871. The summed E-state index contributed by atoms with van der Waals surface area (Å²) in [6, 6.07) is 11.3. The van der Waals surface area contributed by atoms with Crippen molar-refractivity contribution in [3.63, 3.8) is 0 Å². The molecule has 0 unspecified atom stereocenters. The summed E-state index contributed by atoms with van der Waals surface area (Å²) in [6.07, 6.45) is 0.0871. The number of rotatable bonds is 5. The van der Waals surface area contributed by atoms with Crippen LogP contribution in [-0.2, 0) is 24.3 Å². The number of amides is 2. The Balaban J connectivity index is 1.23. The summed E-state index contributed by atoms with van der Waals surface area (Å²) in [4.78, 5) is 27.2. The molecule has 2 saturated heterocycles. The molecule has 2 amide bonds. The van der Waals surface area contributed by atoms with Crippen molar-refractivity contribution in [3.8, 4) is 11.5 Å². The Morgan fingerprint density at radius 2 is 1.65 bits per heavy atom. The van der Waals surface area contributed by atoms with E-state index in [1.807, 2.05) is 0 Å². The first kappa shape index (κ1) is 22.6. The second kappa shape index (κ2) is 9.24. The number of morpholine rings is 1. The number of sulfonamides is 1. The molecule has 2 aromatic carbocycles. The fraction of sp³-hybridized carbons (Fsp3) is 0.391. The van der Waals surface area contributed by atoms with E-state index in [0.717, 1.165) is 0 Å². The molecule has 0 spiro atoms. The number of nitrogens with zero attached hydrogens (tertiary/aromatic N) is 2. The zero-order valence-electron chi connectivity index (χ0n) is 18.4. The third kappa shape index (κ3) is 4.46. The molecular formula is C23H25N3O7S. The predicted molar refractivity (Wildman–Crippen MR) is 123 cm³/mol. The largest absolute Gasteiger partial charge is 0.486 e. The molecule has 3 aliphatic heterocycles. The number of nitrogens with one attached hydrogen (secondary N) is 1. The number of benzene rings is 2. The van der Waals surface area contributed by atoms with E-state index in [4.69, 9.17) is 14.2 Å². The highest BCUT2D eigenvalue weighted by molar-refractivity contribution is 7.89. The van der Waals surface area contributed by atoms with Crippen LogP contribution in [0.15, 0.2) is 47.4 Å². The third-order valence-corrected chi connectivity index (χ3v) is 7.98. The lowest BCUT2D eigenvalue weighted by atomic mass is 10.1. The van der Waals surface area contributed by atoms with E-state index < -0.39 is 15.9 Å². The molecule has 1 N–H and O–H groups in total. The van der Waals surface area contributed by atoms with Crippen molar-refractivity contribution < 1.29 is 32.2 Å². The van der Waals surface area contributed by atoms with Gasteiger partial charge in [0.2, 0.25) is 21.8 Å². The van der Waals surface area contributed by atoms with Crippen LogP contribution in [0.4, 0.5) is 11.4 Å². The van der Waals surface area contributed by atoms with Crippen molar-refractivity contribution >= 4 is 33.2 Å². The van der Waals surface area contributed by atoms with Gasteiger partial charge in [0, 0.05) is 43.5 Å². The topological polar surface area (TPSA) is 114 Å². The Morgan fingerprint density at radius 1 is 0.941 bits per heavy atom. The van der Waals surface area contributed by atoms with Crippen molar-refractivity contribution in [2.75, 3.05) is 56.3 Å². The highest BCUT2D eigenvalue weighted by atomic mass is 32.2. The van der Waals surface area contributed by atoms with Gasteiger partial charge in [-0.25, -0.2) is 8.42 Å². The molecule has 3 aliphatic rings. The van der Waals surface area contributed by atoms with E-state index >= 15 is 0 Å². The Hall–Kier alpha value is -3.15. The minimum atomic E-state index is -3.60. The second-order valence-electron chi connectivity index (χ2n) is 8.26. The van der Waals surface area contributed by atoms with Crippen LogP contribution in [0.2, 0.25) is 0 Å². The smallest absolute Gasteiger partial charge is 0.243 e. The van der Waals surface area contributed by atoms with Crippen LogP contribution < -0.4 is 19.7 Å². The van der Waals surface area contributed by atoms with Crippen LogP contribution >= 0.6 is 0 Å². The quantitative estimate of drug-likeness (QED) is 0.679. The number of fused-ring (bicyclic) bond motifs is 1. The van der Waals surface area contributed by atoms with Gasteiger partial charge >= 0.3 is 0 Å². The maximum Gasteiger partial charge on any atom is 0.243 e. The second-order valence-corrected chi connectivity index (χ2v) is 10.2. The molecule has 0 aliphatic carbocycles. The van der Waals surface area contributed by atoms with Gasteiger partial charge in [-0.05, 0) is 36.4 Å². The molecule has 0 radical (unpaired) electrons. The average molecular weight is 488 g/mol. The fourth-order valence-electron chi connectivity index (χ4n) is 4.22. The number of ether oxygens (including phenoxy) is 3. The van der Waals surface area contributed by atoms with Crippen LogP contribution in [0.1, 0.15) is 6.42 Å². The van der Waals surface area contributed by atoms with Gasteiger partial charge in [0.15, 0.2) is 11.5 Å². The van der Waals surface area contributed by atoms with Crippen LogP contribution in [-0.4, -0.2) is 70.6 Å². The summed E-state index contributed by atoms with van der Waals surface area (Å²) in [5.74, 6) is 0.241. The summed E-state index contributed by atoms with van der Waals surface area (Å²) < 4.78 is 43.2. The number of carbonyl (C=O) groups excluding carboxylic acids is 2. The molecule has 0 aromatic heterocycles. The van der Waals surface area contributed by atoms with Crippen molar-refractivity contribution in [2.45, 2.75) is 11.3 Å². The van der Waals surface area contributed by atoms with Gasteiger partial charge in [0.25, 0.3) is 0 Å². The van der Waals surface area contributed by atoms with E-state index in [1.165, 1.54) is 16.4 Å². The normalized spacial score (nSPS) is 20.9. The first-order chi connectivity index (χ1) is 16.4. The lowest BCUT2D eigenvalue weighted by Crippen LogP contribution is -2.40. The molecule has 2 fully saturated rings. The lowest BCUT2D eigenvalue weighted by molar-refractivity contribution is -0.122. The summed E-state index contributed by atoms with van der Waals surface area (Å²) in [5.41, 5.74) is 1.12. The average Bonchev–Trinajstić information content (AvgIpc) is 3.26. The molecule has 5 rings (SSSR count). The van der Waals surface area contributed by atoms with E-state index in [9.17, 15) is 18.0 Å².